The third kappa shape index (κ3) is 6.72. The number of hydrogen-bond donors (Lipinski definition) is 2. The van der Waals surface area contributed by atoms with Gasteiger partial charge in [-0.3, -0.25) is 9.59 Å². The van der Waals surface area contributed by atoms with Crippen LogP contribution in [0.15, 0.2) is 12.3 Å². The maximum Gasteiger partial charge on any atom is 0.259 e. The Morgan fingerprint density at radius 1 is 1.34 bits per heavy atom. The first-order valence-corrected chi connectivity index (χ1v) is 12.3. The van der Waals surface area contributed by atoms with Crippen LogP contribution < -0.4 is 4.74 Å². The first kappa shape index (κ1) is 26.9. The molecule has 9 nitrogen and oxygen atoms in total. The molecule has 1 fully saturated rings. The Hall–Kier alpha value is -2.67. The molecule has 1 saturated carbocycles. The Morgan fingerprint density at radius 2 is 2.03 bits per heavy atom. The standard InChI is InChI=1S/C26H38N4O5/c1-18-14-30(19(2)17-31)25(33)21-12-20(8-11-26(34)9-6-7-10-26)13-27-24(21)35-22(18)15-29(5)23(32)16-28(3)4/h12-13,18-19,22,31,34H,6-7,9-10,14-17H2,1-5H3/t18-,19+,22-/m1/s1. The molecule has 3 atom stereocenters. The Bertz CT molecular complexity index is 980. The molecule has 1 aromatic heterocycles. The molecule has 0 saturated heterocycles. The molecule has 2 heterocycles. The van der Waals surface area contributed by atoms with Gasteiger partial charge >= 0.3 is 0 Å². The predicted octanol–water partition coefficient (Wildman–Crippen LogP) is 0.978. The number of pyridine rings is 1. The lowest BCUT2D eigenvalue weighted by atomic mass is 9.99. The number of amides is 2. The minimum Gasteiger partial charge on any atom is -0.472 e. The summed E-state index contributed by atoms with van der Waals surface area (Å²) in [6.07, 6.45) is 4.30. The lowest BCUT2D eigenvalue weighted by Crippen LogP contribution is -2.51. The molecule has 35 heavy (non-hydrogen) atoms. The van der Waals surface area contributed by atoms with E-state index in [1.165, 1.54) is 0 Å². The number of carbonyl (C=O) groups excluding carboxylic acids is 2. The van der Waals surface area contributed by atoms with E-state index in [1.807, 2.05) is 25.9 Å². The maximum atomic E-state index is 13.5. The molecular formula is C26H38N4O5. The Kier molecular flexibility index (Phi) is 8.75. The highest BCUT2D eigenvalue weighted by Crippen LogP contribution is 2.30. The molecular weight excluding hydrogens is 448 g/mol. The zero-order valence-electron chi connectivity index (χ0n) is 21.5. The van der Waals surface area contributed by atoms with Gasteiger partial charge in [0.1, 0.15) is 17.3 Å². The summed E-state index contributed by atoms with van der Waals surface area (Å²) >= 11 is 0. The van der Waals surface area contributed by atoms with E-state index in [-0.39, 0.29) is 42.3 Å². The van der Waals surface area contributed by atoms with Gasteiger partial charge in [0, 0.05) is 31.3 Å². The lowest BCUT2D eigenvalue weighted by molar-refractivity contribution is -0.132. The van der Waals surface area contributed by atoms with E-state index in [9.17, 15) is 19.8 Å². The van der Waals surface area contributed by atoms with Crippen LogP contribution in [0.5, 0.6) is 5.88 Å². The van der Waals surface area contributed by atoms with Crippen molar-refractivity contribution >= 4 is 11.8 Å². The minimum atomic E-state index is -0.994. The maximum absolute atomic E-state index is 13.5. The fourth-order valence-corrected chi connectivity index (χ4v) is 4.42. The summed E-state index contributed by atoms with van der Waals surface area (Å²) in [5, 5.41) is 20.4. The van der Waals surface area contributed by atoms with Gasteiger partial charge < -0.3 is 29.6 Å². The first-order valence-electron chi connectivity index (χ1n) is 12.3. The van der Waals surface area contributed by atoms with E-state index in [1.54, 1.807) is 36.0 Å². The van der Waals surface area contributed by atoms with E-state index in [0.29, 0.717) is 31.5 Å². The van der Waals surface area contributed by atoms with Gasteiger partial charge in [-0.2, -0.15) is 0 Å². The number of fused-ring (bicyclic) bond motifs is 1. The third-order valence-corrected chi connectivity index (χ3v) is 6.72. The summed E-state index contributed by atoms with van der Waals surface area (Å²) in [7, 11) is 5.42. The van der Waals surface area contributed by atoms with E-state index < -0.39 is 17.7 Å². The molecule has 3 rings (SSSR count). The van der Waals surface area contributed by atoms with Gasteiger partial charge in [-0.15, -0.1) is 0 Å². The van der Waals surface area contributed by atoms with Gasteiger partial charge in [-0.1, -0.05) is 18.8 Å². The highest BCUT2D eigenvalue weighted by atomic mass is 16.5. The molecule has 0 spiro atoms. The fourth-order valence-electron chi connectivity index (χ4n) is 4.42. The molecule has 2 N–H and O–H groups in total. The van der Waals surface area contributed by atoms with Crippen molar-refractivity contribution in [3.05, 3.63) is 23.4 Å². The number of aliphatic hydroxyl groups is 2. The minimum absolute atomic E-state index is 0.0341. The van der Waals surface area contributed by atoms with E-state index >= 15 is 0 Å². The second-order valence-corrected chi connectivity index (χ2v) is 10.2. The Labute approximate surface area is 208 Å². The Morgan fingerprint density at radius 3 is 2.66 bits per heavy atom. The van der Waals surface area contributed by atoms with Crippen LogP contribution in [0.3, 0.4) is 0 Å². The second-order valence-electron chi connectivity index (χ2n) is 10.2. The van der Waals surface area contributed by atoms with Crippen LogP contribution in [0.2, 0.25) is 0 Å². The molecule has 0 bridgehead atoms. The molecule has 2 amide bonds. The van der Waals surface area contributed by atoms with Crippen molar-refractivity contribution in [1.29, 1.82) is 0 Å². The van der Waals surface area contributed by atoms with Crippen LogP contribution in [0.4, 0.5) is 0 Å². The van der Waals surface area contributed by atoms with Crippen LogP contribution >= 0.6 is 0 Å². The van der Waals surface area contributed by atoms with Crippen molar-refractivity contribution in [2.24, 2.45) is 5.92 Å². The number of nitrogens with zero attached hydrogens (tertiary/aromatic N) is 4. The van der Waals surface area contributed by atoms with Crippen molar-refractivity contribution in [1.82, 2.24) is 19.7 Å². The summed E-state index contributed by atoms with van der Waals surface area (Å²) in [4.78, 5) is 35.5. The SMILES string of the molecule is C[C@@H]1CN([C@@H](C)CO)C(=O)c2cc(C#CC3(O)CCCC3)cnc2O[C@@H]1CN(C)C(=O)CN(C)C. The van der Waals surface area contributed by atoms with Gasteiger partial charge in [0.25, 0.3) is 5.91 Å². The second kappa shape index (κ2) is 11.4. The number of carbonyl (C=O) groups is 2. The topological polar surface area (TPSA) is 106 Å². The fraction of sp³-hybridized carbons (Fsp3) is 0.654. The molecule has 9 heteroatoms. The lowest BCUT2D eigenvalue weighted by Gasteiger charge is -2.37. The van der Waals surface area contributed by atoms with Gasteiger partial charge in [-0.05, 0) is 52.8 Å². The van der Waals surface area contributed by atoms with Crippen LogP contribution in [-0.4, -0.2) is 107 Å². The number of likely N-dealkylation sites (N-methyl/N-ethyl adjacent to an activating group) is 2. The average molecular weight is 487 g/mol. The number of ether oxygens (including phenoxy) is 1. The Balaban J connectivity index is 1.93. The summed E-state index contributed by atoms with van der Waals surface area (Å²) in [6.45, 7) is 4.55. The summed E-state index contributed by atoms with van der Waals surface area (Å²) in [5.74, 6) is 5.67. The third-order valence-electron chi connectivity index (χ3n) is 6.72. The normalized spacial score (nSPS) is 22.4. The molecule has 1 aliphatic heterocycles. The number of hydrogen-bond acceptors (Lipinski definition) is 7. The largest absolute Gasteiger partial charge is 0.472 e. The molecule has 0 unspecified atom stereocenters. The van der Waals surface area contributed by atoms with Crippen molar-refractivity contribution in [2.45, 2.75) is 57.3 Å². The smallest absolute Gasteiger partial charge is 0.259 e. The monoisotopic (exact) mass is 486 g/mol. The van der Waals surface area contributed by atoms with Crippen molar-refractivity contribution in [3.8, 4) is 17.7 Å². The number of rotatable bonds is 6. The van der Waals surface area contributed by atoms with Gasteiger partial charge in [0.15, 0.2) is 0 Å². The van der Waals surface area contributed by atoms with E-state index in [4.69, 9.17) is 4.74 Å². The molecule has 0 aromatic carbocycles. The summed E-state index contributed by atoms with van der Waals surface area (Å²) in [5.41, 5.74) is -0.220. The molecule has 0 radical (unpaired) electrons. The zero-order valence-corrected chi connectivity index (χ0v) is 21.5. The van der Waals surface area contributed by atoms with E-state index in [2.05, 4.69) is 16.8 Å². The molecule has 1 aliphatic carbocycles. The van der Waals surface area contributed by atoms with Crippen molar-refractivity contribution in [3.63, 3.8) is 0 Å². The van der Waals surface area contributed by atoms with Gasteiger partial charge in [0.2, 0.25) is 11.8 Å². The first-order chi connectivity index (χ1) is 16.5. The van der Waals surface area contributed by atoms with Gasteiger partial charge in [0.05, 0.1) is 25.7 Å². The summed E-state index contributed by atoms with van der Waals surface area (Å²) in [6, 6.07) is 1.24. The quantitative estimate of drug-likeness (QED) is 0.578. The molecule has 192 valence electrons. The van der Waals surface area contributed by atoms with Crippen molar-refractivity contribution in [2.75, 3.05) is 47.4 Å². The number of aromatic nitrogens is 1. The van der Waals surface area contributed by atoms with Crippen molar-refractivity contribution < 1.29 is 24.5 Å². The van der Waals surface area contributed by atoms with Crippen LogP contribution in [0.25, 0.3) is 0 Å². The summed E-state index contributed by atoms with van der Waals surface area (Å²) < 4.78 is 6.23. The molecule has 1 aromatic rings. The predicted molar refractivity (Wildman–Crippen MR) is 132 cm³/mol. The van der Waals surface area contributed by atoms with Crippen LogP contribution in [0.1, 0.15) is 55.5 Å². The van der Waals surface area contributed by atoms with E-state index in [0.717, 1.165) is 12.8 Å². The number of aliphatic hydroxyl groups excluding tert-OH is 1. The van der Waals surface area contributed by atoms with Crippen LogP contribution in [0, 0.1) is 17.8 Å². The zero-order chi connectivity index (χ0) is 25.8. The van der Waals surface area contributed by atoms with Gasteiger partial charge in [-0.25, -0.2) is 4.98 Å². The van der Waals surface area contributed by atoms with Crippen LogP contribution in [-0.2, 0) is 4.79 Å². The highest BCUT2D eigenvalue weighted by molar-refractivity contribution is 5.97. The molecule has 2 aliphatic rings. The highest BCUT2D eigenvalue weighted by Gasteiger charge is 2.35. The average Bonchev–Trinajstić information content (AvgIpc) is 3.25.